The Labute approximate surface area is 267 Å². The molecule has 9 rings (SSSR count). The van der Waals surface area contributed by atoms with Gasteiger partial charge in [-0.1, -0.05) is 127 Å². The highest BCUT2D eigenvalue weighted by molar-refractivity contribution is 6.20. The van der Waals surface area contributed by atoms with Crippen molar-refractivity contribution in [3.8, 4) is 22.3 Å². The van der Waals surface area contributed by atoms with Crippen LogP contribution in [0.25, 0.3) is 65.7 Å². The van der Waals surface area contributed by atoms with Crippen LogP contribution < -0.4 is 4.90 Å². The van der Waals surface area contributed by atoms with Crippen molar-refractivity contribution >= 4 is 60.5 Å². The highest BCUT2D eigenvalue weighted by atomic mass is 16.3. The van der Waals surface area contributed by atoms with Gasteiger partial charge in [0.2, 0.25) is 0 Å². The molecule has 1 heterocycles. The lowest BCUT2D eigenvalue weighted by atomic mass is 9.96. The molecular weight excluding hydrogens is 558 g/mol. The van der Waals surface area contributed by atoms with E-state index in [9.17, 15) is 0 Å². The van der Waals surface area contributed by atoms with Crippen molar-refractivity contribution in [2.24, 2.45) is 0 Å². The van der Waals surface area contributed by atoms with Crippen LogP contribution >= 0.6 is 0 Å². The Kier molecular flexibility index (Phi) is 6.17. The Hall–Kier alpha value is -6.12. The molecule has 0 atom stereocenters. The number of benzene rings is 8. The quantitative estimate of drug-likeness (QED) is 0.186. The van der Waals surface area contributed by atoms with Gasteiger partial charge in [-0.3, -0.25) is 0 Å². The Balaban J connectivity index is 1.30. The van der Waals surface area contributed by atoms with E-state index in [-0.39, 0.29) is 0 Å². The first-order valence-electron chi connectivity index (χ1n) is 15.7. The molecule has 0 bridgehead atoms. The van der Waals surface area contributed by atoms with Gasteiger partial charge in [0.05, 0.1) is 5.69 Å². The maximum Gasteiger partial charge on any atom is 0.136 e. The zero-order chi connectivity index (χ0) is 30.5. The van der Waals surface area contributed by atoms with Gasteiger partial charge >= 0.3 is 0 Å². The minimum atomic E-state index is 0.903. The molecular formula is C44H29NO. The lowest BCUT2D eigenvalue weighted by Gasteiger charge is -2.28. The van der Waals surface area contributed by atoms with Crippen molar-refractivity contribution < 1.29 is 4.42 Å². The molecule has 0 saturated heterocycles. The summed E-state index contributed by atoms with van der Waals surface area (Å²) in [6.07, 6.45) is 0. The average Bonchev–Trinajstić information content (AvgIpc) is 3.49. The molecule has 0 N–H and O–H groups in total. The molecule has 2 heteroatoms. The van der Waals surface area contributed by atoms with Gasteiger partial charge in [0.25, 0.3) is 0 Å². The standard InChI is InChI=1S/C44H29NO/c1-3-12-30(13-4-1)32-22-24-35(25-23-32)45(36-17-11-16-33(26-36)31-14-5-2-6-15-31)42-27-34-28-44-41(39-20-9-10-21-43(39)46-44)29-40(34)37-18-7-8-19-38(37)42/h1-29H. The molecule has 216 valence electrons. The Bertz CT molecular complexity index is 2510. The van der Waals surface area contributed by atoms with E-state index in [1.54, 1.807) is 0 Å². The summed E-state index contributed by atoms with van der Waals surface area (Å²) in [5.41, 5.74) is 9.90. The normalized spacial score (nSPS) is 11.5. The third-order valence-corrected chi connectivity index (χ3v) is 9.02. The number of hydrogen-bond acceptors (Lipinski definition) is 2. The van der Waals surface area contributed by atoms with E-state index in [1.165, 1.54) is 38.4 Å². The maximum absolute atomic E-state index is 6.35. The number of rotatable bonds is 5. The molecule has 0 fully saturated rings. The molecule has 8 aromatic carbocycles. The molecule has 0 saturated carbocycles. The molecule has 9 aromatic rings. The van der Waals surface area contributed by atoms with Crippen molar-refractivity contribution in [2.45, 2.75) is 0 Å². The topological polar surface area (TPSA) is 16.4 Å². The number of para-hydroxylation sites is 1. The molecule has 0 aliphatic rings. The van der Waals surface area contributed by atoms with E-state index in [2.05, 4.69) is 169 Å². The monoisotopic (exact) mass is 587 g/mol. The molecule has 0 aliphatic carbocycles. The predicted octanol–water partition coefficient (Wildman–Crippen LogP) is 12.7. The summed E-state index contributed by atoms with van der Waals surface area (Å²) in [5, 5.41) is 7.06. The fraction of sp³-hybridized carbons (Fsp3) is 0. The van der Waals surface area contributed by atoms with Crippen LogP contribution in [0.15, 0.2) is 180 Å². The van der Waals surface area contributed by atoms with Gasteiger partial charge < -0.3 is 9.32 Å². The molecule has 46 heavy (non-hydrogen) atoms. The van der Waals surface area contributed by atoms with Crippen molar-refractivity contribution in [1.29, 1.82) is 0 Å². The number of nitrogens with zero attached hydrogens (tertiary/aromatic N) is 1. The number of anilines is 3. The van der Waals surface area contributed by atoms with E-state index in [0.717, 1.165) is 44.4 Å². The van der Waals surface area contributed by atoms with Crippen molar-refractivity contribution in [3.63, 3.8) is 0 Å². The minimum absolute atomic E-state index is 0.903. The van der Waals surface area contributed by atoms with Gasteiger partial charge in [-0.05, 0) is 86.9 Å². The largest absolute Gasteiger partial charge is 0.456 e. The van der Waals surface area contributed by atoms with E-state index < -0.39 is 0 Å². The molecule has 0 unspecified atom stereocenters. The zero-order valence-corrected chi connectivity index (χ0v) is 25.1. The first-order valence-corrected chi connectivity index (χ1v) is 15.7. The van der Waals surface area contributed by atoms with Crippen molar-refractivity contribution in [2.75, 3.05) is 4.90 Å². The molecule has 2 nitrogen and oxygen atoms in total. The van der Waals surface area contributed by atoms with E-state index >= 15 is 0 Å². The first kappa shape index (κ1) is 26.3. The molecule has 0 spiro atoms. The highest BCUT2D eigenvalue weighted by Gasteiger charge is 2.19. The van der Waals surface area contributed by atoms with E-state index in [0.29, 0.717) is 0 Å². The van der Waals surface area contributed by atoms with Crippen molar-refractivity contribution in [3.05, 3.63) is 176 Å². The molecule has 1 aromatic heterocycles. The van der Waals surface area contributed by atoms with Crippen LogP contribution in [0.5, 0.6) is 0 Å². The maximum atomic E-state index is 6.35. The van der Waals surface area contributed by atoms with Gasteiger partial charge in [0.1, 0.15) is 11.2 Å². The second-order valence-corrected chi connectivity index (χ2v) is 11.8. The van der Waals surface area contributed by atoms with E-state index in [4.69, 9.17) is 4.42 Å². The van der Waals surface area contributed by atoms with Crippen LogP contribution in [-0.2, 0) is 0 Å². The van der Waals surface area contributed by atoms with E-state index in [1.807, 2.05) is 12.1 Å². The van der Waals surface area contributed by atoms with Gasteiger partial charge in [0, 0.05) is 27.5 Å². The third-order valence-electron chi connectivity index (χ3n) is 9.02. The summed E-state index contributed by atoms with van der Waals surface area (Å²) in [6, 6.07) is 62.8. The van der Waals surface area contributed by atoms with Crippen LogP contribution in [0.3, 0.4) is 0 Å². The molecule has 0 aliphatic heterocycles. The molecule has 0 amide bonds. The zero-order valence-electron chi connectivity index (χ0n) is 25.1. The lowest BCUT2D eigenvalue weighted by molar-refractivity contribution is 0.669. The number of furan rings is 1. The fourth-order valence-corrected chi connectivity index (χ4v) is 6.81. The van der Waals surface area contributed by atoms with Gasteiger partial charge in [-0.25, -0.2) is 0 Å². The SMILES string of the molecule is c1ccc(-c2ccc(N(c3cccc(-c4ccccc4)c3)c3cc4cc5oc6ccccc6c5cc4c4ccccc34)cc2)cc1. The minimum Gasteiger partial charge on any atom is -0.456 e. The fourth-order valence-electron chi connectivity index (χ4n) is 6.81. The Morgan fingerprint density at radius 1 is 0.326 bits per heavy atom. The second-order valence-electron chi connectivity index (χ2n) is 11.8. The summed E-state index contributed by atoms with van der Waals surface area (Å²) >= 11 is 0. The smallest absolute Gasteiger partial charge is 0.136 e. The van der Waals surface area contributed by atoms with Crippen molar-refractivity contribution in [1.82, 2.24) is 0 Å². The Morgan fingerprint density at radius 2 is 0.935 bits per heavy atom. The van der Waals surface area contributed by atoms with Crippen LogP contribution in [0, 0.1) is 0 Å². The van der Waals surface area contributed by atoms with Gasteiger partial charge in [-0.15, -0.1) is 0 Å². The van der Waals surface area contributed by atoms with Crippen LogP contribution in [0.4, 0.5) is 17.1 Å². The van der Waals surface area contributed by atoms with Crippen LogP contribution in [0.1, 0.15) is 0 Å². The summed E-state index contributed by atoms with van der Waals surface area (Å²) < 4.78 is 6.35. The summed E-state index contributed by atoms with van der Waals surface area (Å²) in [6.45, 7) is 0. The van der Waals surface area contributed by atoms with Gasteiger partial charge in [0.15, 0.2) is 0 Å². The van der Waals surface area contributed by atoms with Gasteiger partial charge in [-0.2, -0.15) is 0 Å². The Morgan fingerprint density at radius 3 is 1.70 bits per heavy atom. The molecule has 0 radical (unpaired) electrons. The number of hydrogen-bond donors (Lipinski definition) is 0. The summed E-state index contributed by atoms with van der Waals surface area (Å²) in [5.74, 6) is 0. The highest BCUT2D eigenvalue weighted by Crippen LogP contribution is 2.44. The third kappa shape index (κ3) is 4.43. The summed E-state index contributed by atoms with van der Waals surface area (Å²) in [7, 11) is 0. The average molecular weight is 588 g/mol. The van der Waals surface area contributed by atoms with Crippen LogP contribution in [-0.4, -0.2) is 0 Å². The van der Waals surface area contributed by atoms with Crippen LogP contribution in [0.2, 0.25) is 0 Å². The number of fused-ring (bicyclic) bond motifs is 6. The second kappa shape index (κ2) is 10.8. The summed E-state index contributed by atoms with van der Waals surface area (Å²) in [4.78, 5) is 2.39. The first-order chi connectivity index (χ1) is 22.8. The lowest BCUT2D eigenvalue weighted by Crippen LogP contribution is -2.10. The predicted molar refractivity (Wildman–Crippen MR) is 194 cm³/mol.